The normalized spacial score (nSPS) is 28.1. The monoisotopic (exact) mass is 473 g/mol. The molecule has 4 atom stereocenters. The second-order valence-corrected chi connectivity index (χ2v) is 8.67. The summed E-state index contributed by atoms with van der Waals surface area (Å²) in [6.45, 7) is 2.02. The lowest BCUT2D eigenvalue weighted by atomic mass is 9.81. The second-order valence-electron chi connectivity index (χ2n) is 8.67. The van der Waals surface area contributed by atoms with Crippen LogP contribution in [-0.4, -0.2) is 89.3 Å². The summed E-state index contributed by atoms with van der Waals surface area (Å²) < 4.78 is 31.9. The molecule has 1 aliphatic carbocycles. The Morgan fingerprint density at radius 2 is 1.78 bits per heavy atom. The highest BCUT2D eigenvalue weighted by Gasteiger charge is 2.49. The molecule has 2 aliphatic heterocycles. The highest BCUT2D eigenvalue weighted by Crippen LogP contribution is 2.35. The summed E-state index contributed by atoms with van der Waals surface area (Å²) in [6, 6.07) is 3.14. The van der Waals surface area contributed by atoms with Gasteiger partial charge in [-0.15, -0.1) is 12.4 Å². The van der Waals surface area contributed by atoms with Gasteiger partial charge in [-0.2, -0.15) is 0 Å². The molecular formula is C22H30ClF2N3O4. The van der Waals surface area contributed by atoms with E-state index in [1.807, 2.05) is 0 Å². The number of rotatable bonds is 3. The van der Waals surface area contributed by atoms with Crippen LogP contribution >= 0.6 is 12.4 Å². The topological polar surface area (TPSA) is 73.3 Å². The van der Waals surface area contributed by atoms with Gasteiger partial charge in [0.2, 0.25) is 5.91 Å². The fourth-order valence-corrected chi connectivity index (χ4v) is 5.45. The van der Waals surface area contributed by atoms with Crippen molar-refractivity contribution in [3.8, 4) is 0 Å². The zero-order valence-corrected chi connectivity index (χ0v) is 18.9. The summed E-state index contributed by atoms with van der Waals surface area (Å²) in [5.41, 5.74) is 0.416. The van der Waals surface area contributed by atoms with Crippen LogP contribution in [-0.2, 0) is 16.0 Å². The summed E-state index contributed by atoms with van der Waals surface area (Å²) in [6.07, 6.45) is 2.43. The number of likely N-dealkylation sites (tertiary alicyclic amines) is 1. The Kier molecular flexibility index (Phi) is 7.95. The Morgan fingerprint density at radius 3 is 2.44 bits per heavy atom. The average Bonchev–Trinajstić information content (AvgIpc) is 3.20. The molecule has 0 unspecified atom stereocenters. The maximum Gasteiger partial charge on any atom is 0.409 e. The molecule has 178 valence electrons. The van der Waals surface area contributed by atoms with E-state index in [0.717, 1.165) is 37.9 Å². The van der Waals surface area contributed by atoms with Gasteiger partial charge in [-0.25, -0.2) is 13.6 Å². The summed E-state index contributed by atoms with van der Waals surface area (Å²) >= 11 is 0. The molecule has 10 heteroatoms. The van der Waals surface area contributed by atoms with Gasteiger partial charge in [-0.1, -0.05) is 6.07 Å². The minimum absolute atomic E-state index is 0. The van der Waals surface area contributed by atoms with Crippen LogP contribution < -0.4 is 0 Å². The van der Waals surface area contributed by atoms with Gasteiger partial charge >= 0.3 is 6.09 Å². The number of β-amino-alcohol motifs (C(OH)–C–C–N with tert-alkyl or cyclic N) is 1. The lowest BCUT2D eigenvalue weighted by Gasteiger charge is -2.54. The van der Waals surface area contributed by atoms with Gasteiger partial charge in [0, 0.05) is 32.2 Å². The summed E-state index contributed by atoms with van der Waals surface area (Å²) in [7, 11) is 1.36. The Bertz CT molecular complexity index is 845. The molecule has 1 saturated carbocycles. The van der Waals surface area contributed by atoms with E-state index < -0.39 is 17.7 Å². The molecule has 2 heterocycles. The zero-order chi connectivity index (χ0) is 22.1. The van der Waals surface area contributed by atoms with Crippen LogP contribution in [0, 0.1) is 11.6 Å². The third kappa shape index (κ3) is 4.84. The van der Waals surface area contributed by atoms with Gasteiger partial charge in [0.15, 0.2) is 11.6 Å². The van der Waals surface area contributed by atoms with Crippen molar-refractivity contribution < 1.29 is 28.2 Å². The van der Waals surface area contributed by atoms with E-state index >= 15 is 0 Å². The molecule has 32 heavy (non-hydrogen) atoms. The van der Waals surface area contributed by atoms with Crippen molar-refractivity contribution in [3.05, 3.63) is 35.4 Å². The Morgan fingerprint density at radius 1 is 1.06 bits per heavy atom. The van der Waals surface area contributed by atoms with E-state index in [2.05, 4.69) is 4.90 Å². The number of methoxy groups -OCH3 is 1. The minimum atomic E-state index is -0.972. The molecule has 1 N–H and O–H groups in total. The Hall–Kier alpha value is -1.97. The first-order chi connectivity index (χ1) is 14.9. The minimum Gasteiger partial charge on any atom is -0.453 e. The lowest BCUT2D eigenvalue weighted by Crippen LogP contribution is -2.69. The van der Waals surface area contributed by atoms with Gasteiger partial charge < -0.3 is 19.6 Å². The highest BCUT2D eigenvalue weighted by molar-refractivity contribution is 5.85. The number of aliphatic hydroxyl groups is 1. The van der Waals surface area contributed by atoms with Crippen LogP contribution in [0.4, 0.5) is 13.6 Å². The van der Waals surface area contributed by atoms with Crippen molar-refractivity contribution in [2.45, 2.75) is 56.3 Å². The average molecular weight is 474 g/mol. The molecule has 2 amide bonds. The number of fused-ring (bicyclic) bond motifs is 1. The molecule has 0 radical (unpaired) electrons. The number of carbonyl (C=O) groups is 2. The van der Waals surface area contributed by atoms with E-state index in [9.17, 15) is 23.5 Å². The largest absolute Gasteiger partial charge is 0.453 e. The molecule has 0 bridgehead atoms. The van der Waals surface area contributed by atoms with Crippen LogP contribution in [0.2, 0.25) is 0 Å². The van der Waals surface area contributed by atoms with Gasteiger partial charge in [0.25, 0.3) is 0 Å². The number of piperazine rings is 1. The highest BCUT2D eigenvalue weighted by atomic mass is 35.5. The van der Waals surface area contributed by atoms with Crippen molar-refractivity contribution in [3.63, 3.8) is 0 Å². The fourth-order valence-electron chi connectivity index (χ4n) is 5.45. The standard InChI is InChI=1S/C22H29F2N3O4.ClH/c1-31-22(30)26-9-10-27(20(29)12-14-5-6-16(23)17(24)11-14)21-18(3-2-4-19(21)26)25-8-7-15(28)13-25;/h5-6,11,15,18-19,21,28H,2-4,7-10,12-13H2,1H3;1H/t15-,18-,19-,21+;/m0./s1. The van der Waals surface area contributed by atoms with Crippen molar-refractivity contribution >= 4 is 24.4 Å². The SMILES string of the molecule is COC(=O)N1CCN(C(=O)Cc2ccc(F)c(F)c2)[C@@H]2[C@@H](N3CC[C@H](O)C3)CCC[C@@H]21.Cl. The number of ether oxygens (including phenoxy) is 1. The number of halogens is 3. The van der Waals surface area contributed by atoms with Crippen LogP contribution in [0.3, 0.4) is 0 Å². The van der Waals surface area contributed by atoms with Gasteiger partial charge in [-0.3, -0.25) is 9.69 Å². The number of hydrogen-bond acceptors (Lipinski definition) is 5. The van der Waals surface area contributed by atoms with Crippen molar-refractivity contribution in [2.24, 2.45) is 0 Å². The van der Waals surface area contributed by atoms with E-state index in [0.29, 0.717) is 31.6 Å². The van der Waals surface area contributed by atoms with Crippen LogP contribution in [0.25, 0.3) is 0 Å². The Labute approximate surface area is 192 Å². The number of carbonyl (C=O) groups excluding carboxylic acids is 2. The first kappa shape index (κ1) is 24.7. The summed E-state index contributed by atoms with van der Waals surface area (Å²) in [5.74, 6) is -2.08. The number of aliphatic hydroxyl groups excluding tert-OH is 1. The van der Waals surface area contributed by atoms with E-state index in [4.69, 9.17) is 4.74 Å². The molecule has 3 fully saturated rings. The number of hydrogen-bond donors (Lipinski definition) is 1. The molecule has 7 nitrogen and oxygen atoms in total. The van der Waals surface area contributed by atoms with E-state index in [1.165, 1.54) is 13.2 Å². The molecule has 3 aliphatic rings. The molecule has 0 aromatic heterocycles. The smallest absolute Gasteiger partial charge is 0.409 e. The van der Waals surface area contributed by atoms with Gasteiger partial charge in [-0.05, 0) is 43.4 Å². The molecule has 1 aromatic rings. The maximum atomic E-state index is 13.6. The number of nitrogens with zero attached hydrogens (tertiary/aromatic N) is 3. The van der Waals surface area contributed by atoms with Crippen molar-refractivity contribution in [2.75, 3.05) is 33.3 Å². The predicted molar refractivity (Wildman–Crippen MR) is 116 cm³/mol. The third-order valence-electron chi connectivity index (χ3n) is 6.86. The fraction of sp³-hybridized carbons (Fsp3) is 0.636. The van der Waals surface area contributed by atoms with Crippen LogP contribution in [0.1, 0.15) is 31.2 Å². The summed E-state index contributed by atoms with van der Waals surface area (Å²) in [4.78, 5) is 31.4. The zero-order valence-electron chi connectivity index (χ0n) is 18.1. The van der Waals surface area contributed by atoms with Crippen molar-refractivity contribution in [1.29, 1.82) is 0 Å². The molecule has 1 aromatic carbocycles. The molecule has 0 spiro atoms. The predicted octanol–water partition coefficient (Wildman–Crippen LogP) is 2.20. The first-order valence-corrected chi connectivity index (χ1v) is 10.9. The van der Waals surface area contributed by atoms with Crippen LogP contribution in [0.15, 0.2) is 18.2 Å². The third-order valence-corrected chi connectivity index (χ3v) is 6.86. The molecular weight excluding hydrogens is 444 g/mol. The Balaban J connectivity index is 0.00000289. The maximum absolute atomic E-state index is 13.6. The summed E-state index contributed by atoms with van der Waals surface area (Å²) in [5, 5.41) is 10.0. The van der Waals surface area contributed by atoms with Crippen molar-refractivity contribution in [1.82, 2.24) is 14.7 Å². The quantitative estimate of drug-likeness (QED) is 0.728. The van der Waals surface area contributed by atoms with E-state index in [1.54, 1.807) is 9.80 Å². The van der Waals surface area contributed by atoms with Gasteiger partial charge in [0.1, 0.15) is 0 Å². The number of benzene rings is 1. The molecule has 4 rings (SSSR count). The lowest BCUT2D eigenvalue weighted by molar-refractivity contribution is -0.142. The van der Waals surface area contributed by atoms with Crippen LogP contribution in [0.5, 0.6) is 0 Å². The second kappa shape index (κ2) is 10.3. The van der Waals surface area contributed by atoms with Gasteiger partial charge in [0.05, 0.1) is 31.7 Å². The first-order valence-electron chi connectivity index (χ1n) is 10.9. The molecule has 2 saturated heterocycles. The number of amides is 2. The van der Waals surface area contributed by atoms with E-state index in [-0.39, 0.29) is 49.0 Å².